The fraction of sp³-hybridized carbons (Fsp3) is 0.160. The molecule has 0 saturated heterocycles. The van der Waals surface area contributed by atoms with Crippen LogP contribution in [-0.2, 0) is 14.3 Å². The van der Waals surface area contributed by atoms with E-state index in [1.54, 1.807) is 60.7 Å². The van der Waals surface area contributed by atoms with Gasteiger partial charge in [-0.3, -0.25) is 9.59 Å². The Kier molecular flexibility index (Phi) is 7.17. The SMILES string of the molecule is Cc1ccc(NC(=O)C(C)OC(=O)COc2ccc(C(=O)c3ccccc3)cc2)cc1. The number of esters is 1. The number of aryl methyl sites for hydroxylation is 1. The lowest BCUT2D eigenvalue weighted by molar-refractivity contribution is -0.155. The highest BCUT2D eigenvalue weighted by Gasteiger charge is 2.18. The van der Waals surface area contributed by atoms with Crippen molar-refractivity contribution >= 4 is 23.3 Å². The summed E-state index contributed by atoms with van der Waals surface area (Å²) in [6.07, 6.45) is -0.969. The number of benzene rings is 3. The Balaban J connectivity index is 1.47. The molecule has 0 heterocycles. The molecule has 31 heavy (non-hydrogen) atoms. The van der Waals surface area contributed by atoms with E-state index in [4.69, 9.17) is 9.47 Å². The molecule has 6 heteroatoms. The van der Waals surface area contributed by atoms with Gasteiger partial charge in [-0.25, -0.2) is 4.79 Å². The van der Waals surface area contributed by atoms with Gasteiger partial charge >= 0.3 is 5.97 Å². The number of carbonyl (C=O) groups excluding carboxylic acids is 3. The summed E-state index contributed by atoms with van der Waals surface area (Å²) in [5.41, 5.74) is 2.81. The van der Waals surface area contributed by atoms with Crippen molar-refractivity contribution in [3.8, 4) is 5.75 Å². The molecule has 0 aliphatic rings. The molecule has 0 aliphatic heterocycles. The van der Waals surface area contributed by atoms with Crippen LogP contribution in [0, 0.1) is 6.92 Å². The van der Waals surface area contributed by atoms with E-state index >= 15 is 0 Å². The summed E-state index contributed by atoms with van der Waals surface area (Å²) < 4.78 is 10.5. The van der Waals surface area contributed by atoms with Gasteiger partial charge in [0, 0.05) is 16.8 Å². The van der Waals surface area contributed by atoms with Crippen LogP contribution in [0.15, 0.2) is 78.9 Å². The fourth-order valence-electron chi connectivity index (χ4n) is 2.77. The van der Waals surface area contributed by atoms with Crippen molar-refractivity contribution < 1.29 is 23.9 Å². The average Bonchev–Trinajstić information content (AvgIpc) is 2.79. The number of hydrogen-bond acceptors (Lipinski definition) is 5. The highest BCUT2D eigenvalue weighted by atomic mass is 16.6. The average molecular weight is 417 g/mol. The number of amides is 1. The van der Waals surface area contributed by atoms with Crippen LogP contribution in [0.2, 0.25) is 0 Å². The zero-order valence-electron chi connectivity index (χ0n) is 17.3. The van der Waals surface area contributed by atoms with Crippen molar-refractivity contribution in [3.05, 3.63) is 95.6 Å². The smallest absolute Gasteiger partial charge is 0.344 e. The topological polar surface area (TPSA) is 81.7 Å². The van der Waals surface area contributed by atoms with Gasteiger partial charge in [-0.15, -0.1) is 0 Å². The van der Waals surface area contributed by atoms with E-state index in [9.17, 15) is 14.4 Å². The van der Waals surface area contributed by atoms with E-state index < -0.39 is 18.0 Å². The molecule has 3 rings (SSSR count). The first-order valence-corrected chi connectivity index (χ1v) is 9.82. The van der Waals surface area contributed by atoms with Crippen molar-refractivity contribution in [1.29, 1.82) is 0 Å². The molecule has 0 aliphatic carbocycles. The van der Waals surface area contributed by atoms with E-state index in [1.807, 2.05) is 25.1 Å². The lowest BCUT2D eigenvalue weighted by atomic mass is 10.0. The summed E-state index contributed by atoms with van der Waals surface area (Å²) in [4.78, 5) is 36.6. The van der Waals surface area contributed by atoms with Gasteiger partial charge in [-0.1, -0.05) is 48.0 Å². The number of rotatable bonds is 8. The van der Waals surface area contributed by atoms with Crippen molar-refractivity contribution in [2.24, 2.45) is 0 Å². The monoisotopic (exact) mass is 417 g/mol. The van der Waals surface area contributed by atoms with Crippen LogP contribution in [-0.4, -0.2) is 30.4 Å². The van der Waals surface area contributed by atoms with E-state index in [-0.39, 0.29) is 12.4 Å². The molecule has 0 saturated carbocycles. The Morgan fingerprint density at radius 2 is 1.45 bits per heavy atom. The van der Waals surface area contributed by atoms with Gasteiger partial charge in [0.1, 0.15) is 5.75 Å². The number of ketones is 1. The Hall–Kier alpha value is -3.93. The molecule has 1 N–H and O–H groups in total. The summed E-state index contributed by atoms with van der Waals surface area (Å²) in [6, 6.07) is 22.7. The van der Waals surface area contributed by atoms with E-state index in [2.05, 4.69) is 5.32 Å². The minimum absolute atomic E-state index is 0.0972. The standard InChI is InChI=1S/C25H23NO5/c1-17-8-12-21(13-9-17)26-25(29)18(2)31-23(27)16-30-22-14-10-20(11-15-22)24(28)19-6-4-3-5-7-19/h3-15,18H,16H2,1-2H3,(H,26,29). The van der Waals surface area contributed by atoms with Crippen LogP contribution in [0.25, 0.3) is 0 Å². The maximum Gasteiger partial charge on any atom is 0.344 e. The predicted molar refractivity (Wildman–Crippen MR) is 117 cm³/mol. The molecule has 1 atom stereocenters. The highest BCUT2D eigenvalue weighted by molar-refractivity contribution is 6.09. The van der Waals surface area contributed by atoms with Gasteiger partial charge < -0.3 is 14.8 Å². The summed E-state index contributed by atoms with van der Waals surface area (Å²) in [5, 5.41) is 2.69. The van der Waals surface area contributed by atoms with Gasteiger partial charge in [-0.05, 0) is 50.2 Å². The van der Waals surface area contributed by atoms with Crippen LogP contribution in [0.3, 0.4) is 0 Å². The first kappa shape index (κ1) is 21.8. The third-order valence-corrected chi connectivity index (χ3v) is 4.51. The molecule has 1 unspecified atom stereocenters. The Labute approximate surface area is 180 Å². The molecule has 158 valence electrons. The van der Waals surface area contributed by atoms with Crippen molar-refractivity contribution in [3.63, 3.8) is 0 Å². The normalized spacial score (nSPS) is 11.3. The molecule has 3 aromatic rings. The van der Waals surface area contributed by atoms with Gasteiger partial charge in [-0.2, -0.15) is 0 Å². The zero-order valence-corrected chi connectivity index (χ0v) is 17.3. The maximum atomic E-state index is 12.4. The first-order chi connectivity index (χ1) is 14.9. The molecule has 3 aromatic carbocycles. The summed E-state index contributed by atoms with van der Waals surface area (Å²) in [7, 11) is 0. The second-order valence-electron chi connectivity index (χ2n) is 7.00. The zero-order chi connectivity index (χ0) is 22.2. The molecular formula is C25H23NO5. The Morgan fingerprint density at radius 1 is 0.839 bits per heavy atom. The van der Waals surface area contributed by atoms with Crippen LogP contribution < -0.4 is 10.1 Å². The van der Waals surface area contributed by atoms with Gasteiger partial charge in [0.2, 0.25) is 0 Å². The number of anilines is 1. The first-order valence-electron chi connectivity index (χ1n) is 9.82. The molecule has 1 amide bonds. The van der Waals surface area contributed by atoms with E-state index in [1.165, 1.54) is 6.92 Å². The number of carbonyl (C=O) groups is 3. The lowest BCUT2D eigenvalue weighted by Gasteiger charge is -2.14. The molecule has 0 spiro atoms. The Morgan fingerprint density at radius 3 is 2.10 bits per heavy atom. The largest absolute Gasteiger partial charge is 0.482 e. The van der Waals surface area contributed by atoms with Gasteiger partial charge in [0.15, 0.2) is 18.5 Å². The quantitative estimate of drug-likeness (QED) is 0.439. The van der Waals surface area contributed by atoms with Crippen LogP contribution in [0.5, 0.6) is 5.75 Å². The van der Waals surface area contributed by atoms with Crippen molar-refractivity contribution in [2.45, 2.75) is 20.0 Å². The molecular weight excluding hydrogens is 394 g/mol. The molecule has 0 radical (unpaired) electrons. The third kappa shape index (κ3) is 6.27. The number of ether oxygens (including phenoxy) is 2. The second-order valence-corrected chi connectivity index (χ2v) is 7.00. The van der Waals surface area contributed by atoms with Crippen molar-refractivity contribution in [2.75, 3.05) is 11.9 Å². The number of hydrogen-bond donors (Lipinski definition) is 1. The highest BCUT2D eigenvalue weighted by Crippen LogP contribution is 2.16. The maximum absolute atomic E-state index is 12.4. The predicted octanol–water partition coefficient (Wildman–Crippen LogP) is 4.18. The minimum atomic E-state index is -0.969. The molecule has 0 bridgehead atoms. The van der Waals surface area contributed by atoms with Gasteiger partial charge in [0.05, 0.1) is 0 Å². The molecule has 6 nitrogen and oxygen atoms in total. The van der Waals surface area contributed by atoms with Crippen LogP contribution >= 0.6 is 0 Å². The summed E-state index contributed by atoms with van der Waals surface area (Å²) >= 11 is 0. The summed E-state index contributed by atoms with van der Waals surface area (Å²) in [6.45, 7) is 3.09. The number of nitrogens with one attached hydrogen (secondary N) is 1. The lowest BCUT2D eigenvalue weighted by Crippen LogP contribution is -2.31. The van der Waals surface area contributed by atoms with E-state index in [0.717, 1.165) is 5.56 Å². The molecule has 0 fully saturated rings. The van der Waals surface area contributed by atoms with Crippen molar-refractivity contribution in [1.82, 2.24) is 0 Å². The minimum Gasteiger partial charge on any atom is -0.482 e. The van der Waals surface area contributed by atoms with Gasteiger partial charge in [0.25, 0.3) is 5.91 Å². The van der Waals surface area contributed by atoms with Crippen LogP contribution in [0.1, 0.15) is 28.4 Å². The summed E-state index contributed by atoms with van der Waals surface area (Å²) in [5.74, 6) is -0.782. The molecule has 0 aromatic heterocycles. The Bertz CT molecular complexity index is 1040. The van der Waals surface area contributed by atoms with Crippen LogP contribution in [0.4, 0.5) is 5.69 Å². The second kappa shape index (κ2) is 10.2. The van der Waals surface area contributed by atoms with E-state index in [0.29, 0.717) is 22.6 Å². The third-order valence-electron chi connectivity index (χ3n) is 4.51. The fourth-order valence-corrected chi connectivity index (χ4v) is 2.77.